The van der Waals surface area contributed by atoms with Gasteiger partial charge in [-0.15, -0.1) is 0 Å². The minimum atomic E-state index is 0.186. The largest absolute Gasteiger partial charge is 0.354 e. The Bertz CT molecular complexity index is 454. The van der Waals surface area contributed by atoms with Gasteiger partial charge in [-0.3, -0.25) is 9.69 Å². The number of hydrogen-bond donors (Lipinski definition) is 2. The zero-order valence-electron chi connectivity index (χ0n) is 12.6. The van der Waals surface area contributed by atoms with Crippen molar-refractivity contribution in [2.75, 3.05) is 19.6 Å². The summed E-state index contributed by atoms with van der Waals surface area (Å²) in [5.74, 6) is 0.186. The van der Waals surface area contributed by atoms with Crippen LogP contribution in [0, 0.1) is 0 Å². The van der Waals surface area contributed by atoms with E-state index in [-0.39, 0.29) is 5.91 Å². The fourth-order valence-corrected chi connectivity index (χ4v) is 3.47. The zero-order valence-corrected chi connectivity index (χ0v) is 12.6. The second-order valence-corrected chi connectivity index (χ2v) is 6.19. The first kappa shape index (κ1) is 14.5. The average molecular weight is 287 g/mol. The summed E-state index contributed by atoms with van der Waals surface area (Å²) in [4.78, 5) is 13.8. The highest BCUT2D eigenvalue weighted by molar-refractivity contribution is 5.78. The normalized spacial score (nSPS) is 27.3. The van der Waals surface area contributed by atoms with Gasteiger partial charge in [0, 0.05) is 31.7 Å². The minimum absolute atomic E-state index is 0.186. The highest BCUT2D eigenvalue weighted by atomic mass is 16.2. The maximum Gasteiger partial charge on any atom is 0.234 e. The molecule has 4 heteroatoms. The van der Waals surface area contributed by atoms with Crippen LogP contribution in [0.1, 0.15) is 31.2 Å². The molecule has 114 valence electrons. The standard InChI is InChI=1S/C17H25N3O/c21-17-13-20(11-10-18-17)16-8-6-15(7-9-16)19-12-14-4-2-1-3-5-14/h1-5,15-16,19H,6-13H2,(H,18,21)/t15-,16-. The molecule has 1 saturated carbocycles. The molecule has 2 aliphatic rings. The van der Waals surface area contributed by atoms with Crippen molar-refractivity contribution in [1.29, 1.82) is 0 Å². The first-order valence-electron chi connectivity index (χ1n) is 8.09. The van der Waals surface area contributed by atoms with Crippen molar-refractivity contribution >= 4 is 5.91 Å². The number of benzene rings is 1. The number of carbonyl (C=O) groups is 1. The van der Waals surface area contributed by atoms with E-state index in [9.17, 15) is 4.79 Å². The first-order valence-corrected chi connectivity index (χ1v) is 8.09. The SMILES string of the molecule is O=C1CN([C@H]2CC[C@H](NCc3ccccc3)CC2)CCN1. The van der Waals surface area contributed by atoms with Gasteiger partial charge in [0.05, 0.1) is 6.54 Å². The third-order valence-electron chi connectivity index (χ3n) is 4.72. The number of piperazine rings is 1. The molecule has 2 fully saturated rings. The molecule has 1 saturated heterocycles. The van der Waals surface area contributed by atoms with Gasteiger partial charge in [0.25, 0.3) is 0 Å². The lowest BCUT2D eigenvalue weighted by Gasteiger charge is -2.38. The molecule has 1 aromatic rings. The maximum absolute atomic E-state index is 11.5. The highest BCUT2D eigenvalue weighted by Crippen LogP contribution is 2.23. The molecule has 0 radical (unpaired) electrons. The Labute approximate surface area is 126 Å². The summed E-state index contributed by atoms with van der Waals surface area (Å²) in [6.45, 7) is 3.37. The van der Waals surface area contributed by atoms with Crippen LogP contribution in [-0.2, 0) is 11.3 Å². The van der Waals surface area contributed by atoms with E-state index in [2.05, 4.69) is 45.9 Å². The van der Waals surface area contributed by atoms with Gasteiger partial charge in [-0.25, -0.2) is 0 Å². The monoisotopic (exact) mass is 287 g/mol. The molecule has 0 bridgehead atoms. The fourth-order valence-electron chi connectivity index (χ4n) is 3.47. The van der Waals surface area contributed by atoms with E-state index >= 15 is 0 Å². The molecule has 2 N–H and O–H groups in total. The Morgan fingerprint density at radius 1 is 1.14 bits per heavy atom. The molecule has 0 unspecified atom stereocenters. The van der Waals surface area contributed by atoms with Crippen molar-refractivity contribution in [3.63, 3.8) is 0 Å². The van der Waals surface area contributed by atoms with Gasteiger partial charge < -0.3 is 10.6 Å². The summed E-state index contributed by atoms with van der Waals surface area (Å²) < 4.78 is 0. The molecule has 3 rings (SSSR count). The van der Waals surface area contributed by atoms with Crippen LogP contribution < -0.4 is 10.6 Å². The van der Waals surface area contributed by atoms with E-state index in [4.69, 9.17) is 0 Å². The van der Waals surface area contributed by atoms with E-state index < -0.39 is 0 Å². The molecule has 1 aliphatic carbocycles. The number of carbonyl (C=O) groups excluding carboxylic acids is 1. The highest BCUT2D eigenvalue weighted by Gasteiger charge is 2.28. The van der Waals surface area contributed by atoms with Gasteiger partial charge >= 0.3 is 0 Å². The van der Waals surface area contributed by atoms with E-state index in [1.165, 1.54) is 31.2 Å². The summed E-state index contributed by atoms with van der Waals surface area (Å²) in [5, 5.41) is 6.58. The van der Waals surface area contributed by atoms with Crippen LogP contribution in [0.3, 0.4) is 0 Å². The van der Waals surface area contributed by atoms with Crippen LogP contribution in [0.15, 0.2) is 30.3 Å². The van der Waals surface area contributed by atoms with E-state index in [0.29, 0.717) is 18.6 Å². The number of amides is 1. The Hall–Kier alpha value is -1.39. The van der Waals surface area contributed by atoms with Gasteiger partial charge in [0.2, 0.25) is 5.91 Å². The molecule has 1 aromatic carbocycles. The quantitative estimate of drug-likeness (QED) is 0.882. The number of hydrogen-bond acceptors (Lipinski definition) is 3. The number of nitrogens with one attached hydrogen (secondary N) is 2. The summed E-state index contributed by atoms with van der Waals surface area (Å²) in [6.07, 6.45) is 4.85. The topological polar surface area (TPSA) is 44.4 Å². The predicted molar refractivity (Wildman–Crippen MR) is 83.9 cm³/mol. The molecule has 1 amide bonds. The zero-order chi connectivity index (χ0) is 14.5. The number of nitrogens with zero attached hydrogens (tertiary/aromatic N) is 1. The molecule has 0 atom stereocenters. The molecule has 4 nitrogen and oxygen atoms in total. The Morgan fingerprint density at radius 3 is 2.62 bits per heavy atom. The van der Waals surface area contributed by atoms with Gasteiger partial charge in [-0.2, -0.15) is 0 Å². The Morgan fingerprint density at radius 2 is 1.90 bits per heavy atom. The third-order valence-corrected chi connectivity index (χ3v) is 4.72. The first-order chi connectivity index (χ1) is 10.3. The molecule has 0 aromatic heterocycles. The van der Waals surface area contributed by atoms with Crippen LogP contribution in [0.25, 0.3) is 0 Å². The molecular formula is C17H25N3O. The summed E-state index contributed by atoms with van der Waals surface area (Å²) in [6, 6.07) is 11.8. The van der Waals surface area contributed by atoms with Crippen LogP contribution >= 0.6 is 0 Å². The summed E-state index contributed by atoms with van der Waals surface area (Å²) in [5.41, 5.74) is 1.35. The van der Waals surface area contributed by atoms with Crippen molar-refractivity contribution in [1.82, 2.24) is 15.5 Å². The van der Waals surface area contributed by atoms with Crippen LogP contribution in [0.5, 0.6) is 0 Å². The average Bonchev–Trinajstić information content (AvgIpc) is 2.54. The lowest BCUT2D eigenvalue weighted by Crippen LogP contribution is -2.53. The summed E-state index contributed by atoms with van der Waals surface area (Å²) >= 11 is 0. The van der Waals surface area contributed by atoms with E-state index in [1.807, 2.05) is 0 Å². The lowest BCUT2D eigenvalue weighted by molar-refractivity contribution is -0.125. The molecule has 1 heterocycles. The van der Waals surface area contributed by atoms with Crippen LogP contribution in [0.2, 0.25) is 0 Å². The van der Waals surface area contributed by atoms with Gasteiger partial charge in [-0.05, 0) is 31.2 Å². The van der Waals surface area contributed by atoms with Crippen molar-refractivity contribution in [2.24, 2.45) is 0 Å². The van der Waals surface area contributed by atoms with Crippen molar-refractivity contribution < 1.29 is 4.79 Å². The van der Waals surface area contributed by atoms with Crippen LogP contribution in [-0.4, -0.2) is 42.5 Å². The van der Waals surface area contributed by atoms with E-state index in [1.54, 1.807) is 0 Å². The second-order valence-electron chi connectivity index (χ2n) is 6.19. The third kappa shape index (κ3) is 4.05. The second kappa shape index (κ2) is 7.05. The van der Waals surface area contributed by atoms with Crippen LogP contribution in [0.4, 0.5) is 0 Å². The molecule has 0 spiro atoms. The molecule has 21 heavy (non-hydrogen) atoms. The molecular weight excluding hydrogens is 262 g/mol. The van der Waals surface area contributed by atoms with Gasteiger partial charge in [0.1, 0.15) is 0 Å². The fraction of sp³-hybridized carbons (Fsp3) is 0.588. The van der Waals surface area contributed by atoms with Crippen molar-refractivity contribution in [2.45, 2.75) is 44.3 Å². The van der Waals surface area contributed by atoms with Gasteiger partial charge in [0.15, 0.2) is 0 Å². The van der Waals surface area contributed by atoms with Crippen molar-refractivity contribution in [3.8, 4) is 0 Å². The Balaban J connectivity index is 1.41. The molecule has 1 aliphatic heterocycles. The smallest absolute Gasteiger partial charge is 0.234 e. The lowest BCUT2D eigenvalue weighted by atomic mass is 9.89. The number of rotatable bonds is 4. The van der Waals surface area contributed by atoms with Crippen molar-refractivity contribution in [3.05, 3.63) is 35.9 Å². The predicted octanol–water partition coefficient (Wildman–Crippen LogP) is 1.52. The maximum atomic E-state index is 11.5. The minimum Gasteiger partial charge on any atom is -0.354 e. The Kier molecular flexibility index (Phi) is 4.88. The van der Waals surface area contributed by atoms with Gasteiger partial charge in [-0.1, -0.05) is 30.3 Å². The van der Waals surface area contributed by atoms with E-state index in [0.717, 1.165) is 19.6 Å². The summed E-state index contributed by atoms with van der Waals surface area (Å²) in [7, 11) is 0.